The minimum Gasteiger partial charge on any atom is -0.423 e. The van der Waals surface area contributed by atoms with Crippen LogP contribution in [0.25, 0.3) is 22.0 Å². The lowest BCUT2D eigenvalue weighted by molar-refractivity contribution is 0.186. The summed E-state index contributed by atoms with van der Waals surface area (Å²) in [5.74, 6) is 0.591. The number of aromatic nitrogens is 2. The van der Waals surface area contributed by atoms with E-state index < -0.39 is 0 Å². The van der Waals surface area contributed by atoms with Crippen LogP contribution >= 0.6 is 39.3 Å². The Morgan fingerprint density at radius 2 is 2.11 bits per heavy atom. The summed E-state index contributed by atoms with van der Waals surface area (Å²) in [5, 5.41) is 2.42. The molecule has 0 amide bonds. The summed E-state index contributed by atoms with van der Waals surface area (Å²) < 4.78 is 13.6. The molecule has 2 aromatic heterocycles. The number of benzene rings is 2. The molecule has 8 heteroatoms. The van der Waals surface area contributed by atoms with E-state index in [1.54, 1.807) is 31.0 Å². The fraction of sp³-hybridized carbons (Fsp3) is 0.200. The second-order valence-electron chi connectivity index (χ2n) is 6.19. The van der Waals surface area contributed by atoms with Gasteiger partial charge in [-0.2, -0.15) is 0 Å². The van der Waals surface area contributed by atoms with Crippen LogP contribution in [0.1, 0.15) is 5.56 Å². The van der Waals surface area contributed by atoms with Crippen LogP contribution in [0.2, 0.25) is 5.02 Å². The van der Waals surface area contributed by atoms with Gasteiger partial charge in [-0.05, 0) is 42.0 Å². The van der Waals surface area contributed by atoms with Gasteiger partial charge in [0.05, 0.1) is 17.6 Å². The normalized spacial score (nSPS) is 11.5. The quantitative estimate of drug-likeness (QED) is 0.270. The first-order chi connectivity index (χ1) is 13.5. The smallest absolute Gasteiger partial charge is 0.336 e. The number of hydrogen-bond donors (Lipinski definition) is 0. The van der Waals surface area contributed by atoms with Gasteiger partial charge in [-0.25, -0.2) is 9.78 Å². The van der Waals surface area contributed by atoms with Crippen molar-refractivity contribution in [2.75, 3.05) is 13.7 Å². The third kappa shape index (κ3) is 3.98. The van der Waals surface area contributed by atoms with Crippen molar-refractivity contribution in [3.63, 3.8) is 0 Å². The van der Waals surface area contributed by atoms with Crippen LogP contribution in [0.5, 0.6) is 0 Å². The Labute approximate surface area is 178 Å². The lowest BCUT2D eigenvalue weighted by Gasteiger charge is -2.09. The number of halogens is 2. The molecule has 0 unspecified atom stereocenters. The second-order valence-corrected chi connectivity index (χ2v) is 8.49. The number of ether oxygens (including phenoxy) is 1. The molecule has 0 aliphatic carbocycles. The molecule has 0 N–H and O–H groups in total. The number of thioether (sulfide) groups is 1. The molecule has 2 heterocycles. The molecule has 0 bridgehead atoms. The Morgan fingerprint density at radius 1 is 1.25 bits per heavy atom. The minimum atomic E-state index is -0.360. The number of imidazole rings is 1. The Morgan fingerprint density at radius 3 is 2.93 bits per heavy atom. The summed E-state index contributed by atoms with van der Waals surface area (Å²) in [5.41, 5.74) is 2.96. The second kappa shape index (κ2) is 8.29. The zero-order valence-electron chi connectivity index (χ0n) is 14.9. The third-order valence-electron chi connectivity index (χ3n) is 4.34. The number of nitrogens with zero attached hydrogens (tertiary/aromatic N) is 2. The Bertz CT molecular complexity index is 1220. The zero-order valence-corrected chi connectivity index (χ0v) is 18.1. The molecule has 2 aromatic carbocycles. The maximum Gasteiger partial charge on any atom is 0.336 e. The van der Waals surface area contributed by atoms with E-state index in [-0.39, 0.29) is 5.63 Å². The summed E-state index contributed by atoms with van der Waals surface area (Å²) in [4.78, 5) is 16.7. The van der Waals surface area contributed by atoms with Crippen molar-refractivity contribution < 1.29 is 9.15 Å². The van der Waals surface area contributed by atoms with Crippen molar-refractivity contribution in [3.8, 4) is 0 Å². The molecule has 0 atom stereocenters. The summed E-state index contributed by atoms with van der Waals surface area (Å²) in [6, 6.07) is 12.9. The lowest BCUT2D eigenvalue weighted by Crippen LogP contribution is -2.06. The van der Waals surface area contributed by atoms with Gasteiger partial charge in [-0.3, -0.25) is 0 Å². The SMILES string of the molecule is COCCn1c(SCc2cc(=O)oc3cc(Br)ccc23)nc2cc(Cl)ccc21. The molecule has 0 aliphatic rings. The molecule has 0 spiro atoms. The summed E-state index contributed by atoms with van der Waals surface area (Å²) in [6.07, 6.45) is 0. The predicted molar refractivity (Wildman–Crippen MR) is 116 cm³/mol. The highest BCUT2D eigenvalue weighted by Crippen LogP contribution is 2.30. The van der Waals surface area contributed by atoms with Crippen molar-refractivity contribution in [2.24, 2.45) is 0 Å². The van der Waals surface area contributed by atoms with Crippen LogP contribution < -0.4 is 5.63 Å². The van der Waals surface area contributed by atoms with E-state index in [1.807, 2.05) is 30.3 Å². The van der Waals surface area contributed by atoms with Crippen LogP contribution in [-0.4, -0.2) is 23.3 Å². The monoisotopic (exact) mass is 478 g/mol. The van der Waals surface area contributed by atoms with Crippen LogP contribution in [0, 0.1) is 0 Å². The van der Waals surface area contributed by atoms with E-state index in [2.05, 4.69) is 20.5 Å². The van der Waals surface area contributed by atoms with Crippen molar-refractivity contribution in [2.45, 2.75) is 17.5 Å². The zero-order chi connectivity index (χ0) is 19.7. The van der Waals surface area contributed by atoms with Gasteiger partial charge in [0.25, 0.3) is 0 Å². The number of methoxy groups -OCH3 is 1. The average Bonchev–Trinajstić information content (AvgIpc) is 3.00. The Hall–Kier alpha value is -1.80. The highest BCUT2D eigenvalue weighted by Gasteiger charge is 2.14. The Balaban J connectivity index is 1.71. The van der Waals surface area contributed by atoms with Gasteiger partial charge in [0, 0.05) is 40.4 Å². The lowest BCUT2D eigenvalue weighted by atomic mass is 10.1. The largest absolute Gasteiger partial charge is 0.423 e. The van der Waals surface area contributed by atoms with Crippen molar-refractivity contribution >= 4 is 61.3 Å². The molecular formula is C20H16BrClN2O3S. The maximum atomic E-state index is 12.0. The van der Waals surface area contributed by atoms with Gasteiger partial charge in [0.15, 0.2) is 5.16 Å². The van der Waals surface area contributed by atoms with Gasteiger partial charge in [0.1, 0.15) is 5.58 Å². The standard InChI is InChI=1S/C20H16BrClN2O3S/c1-26-7-6-24-17-5-3-14(22)10-16(17)23-20(24)28-11-12-8-19(25)27-18-9-13(21)2-4-15(12)18/h2-5,8-10H,6-7,11H2,1H3. The van der Waals surface area contributed by atoms with Crippen LogP contribution in [-0.2, 0) is 17.0 Å². The van der Waals surface area contributed by atoms with E-state index >= 15 is 0 Å². The van der Waals surface area contributed by atoms with E-state index in [4.69, 9.17) is 25.7 Å². The van der Waals surface area contributed by atoms with Crippen LogP contribution in [0.4, 0.5) is 0 Å². The summed E-state index contributed by atoms with van der Waals surface area (Å²) in [6.45, 7) is 1.26. The van der Waals surface area contributed by atoms with Crippen molar-refractivity contribution in [3.05, 3.63) is 67.9 Å². The van der Waals surface area contributed by atoms with Gasteiger partial charge in [0.2, 0.25) is 0 Å². The fourth-order valence-corrected chi connectivity index (χ4v) is 4.59. The molecule has 0 saturated carbocycles. The first-order valence-corrected chi connectivity index (χ1v) is 10.7. The minimum absolute atomic E-state index is 0.360. The molecule has 28 heavy (non-hydrogen) atoms. The Kier molecular flexibility index (Phi) is 5.78. The van der Waals surface area contributed by atoms with Crippen LogP contribution in [0.3, 0.4) is 0 Å². The van der Waals surface area contributed by atoms with E-state index in [0.717, 1.165) is 31.6 Å². The maximum absolute atomic E-state index is 12.0. The van der Waals surface area contributed by atoms with Crippen molar-refractivity contribution in [1.29, 1.82) is 0 Å². The average molecular weight is 480 g/mol. The molecule has 0 saturated heterocycles. The predicted octanol–water partition coefficient (Wildman–Crippen LogP) is 5.50. The molecule has 4 aromatic rings. The van der Waals surface area contributed by atoms with Gasteiger partial charge in [-0.15, -0.1) is 0 Å². The topological polar surface area (TPSA) is 57.3 Å². The molecule has 144 valence electrons. The first kappa shape index (κ1) is 19.5. The van der Waals surface area contributed by atoms with Gasteiger partial charge < -0.3 is 13.7 Å². The van der Waals surface area contributed by atoms with Crippen molar-refractivity contribution in [1.82, 2.24) is 9.55 Å². The summed E-state index contributed by atoms with van der Waals surface area (Å²) in [7, 11) is 1.68. The molecule has 0 fully saturated rings. The molecule has 4 rings (SSSR count). The molecule has 0 radical (unpaired) electrons. The van der Waals surface area contributed by atoms with Crippen LogP contribution in [0.15, 0.2) is 61.3 Å². The number of rotatable bonds is 6. The fourth-order valence-electron chi connectivity index (χ4n) is 3.06. The third-order valence-corrected chi connectivity index (χ3v) is 6.10. The number of hydrogen-bond acceptors (Lipinski definition) is 5. The highest BCUT2D eigenvalue weighted by molar-refractivity contribution is 9.10. The van der Waals surface area contributed by atoms with E-state index in [9.17, 15) is 4.79 Å². The van der Waals surface area contributed by atoms with E-state index in [0.29, 0.717) is 29.5 Å². The highest BCUT2D eigenvalue weighted by atomic mass is 79.9. The number of fused-ring (bicyclic) bond motifs is 2. The first-order valence-electron chi connectivity index (χ1n) is 8.55. The molecular weight excluding hydrogens is 464 g/mol. The summed E-state index contributed by atoms with van der Waals surface area (Å²) >= 11 is 11.1. The van der Waals surface area contributed by atoms with E-state index in [1.165, 1.54) is 0 Å². The van der Waals surface area contributed by atoms with Gasteiger partial charge in [-0.1, -0.05) is 39.3 Å². The molecule has 0 aliphatic heterocycles. The van der Waals surface area contributed by atoms with Gasteiger partial charge >= 0.3 is 5.63 Å². The molecule has 5 nitrogen and oxygen atoms in total.